The molecule has 0 bridgehead atoms. The van der Waals surface area contributed by atoms with Crippen molar-refractivity contribution in [2.75, 3.05) is 0 Å². The van der Waals surface area contributed by atoms with Crippen LogP contribution in [0.25, 0.3) is 0 Å². The number of amides is 1. The maximum atomic E-state index is 10.8. The van der Waals surface area contributed by atoms with Gasteiger partial charge in [-0.05, 0) is 12.1 Å². The van der Waals surface area contributed by atoms with Crippen molar-refractivity contribution in [3.63, 3.8) is 0 Å². The van der Waals surface area contributed by atoms with E-state index in [0.717, 1.165) is 5.56 Å². The molecule has 1 heterocycles. The van der Waals surface area contributed by atoms with Crippen molar-refractivity contribution in [3.05, 3.63) is 28.8 Å². The summed E-state index contributed by atoms with van der Waals surface area (Å²) in [6.45, 7) is 0.438. The maximum absolute atomic E-state index is 10.8. The van der Waals surface area contributed by atoms with E-state index in [1.807, 2.05) is 0 Å². The first-order valence-corrected chi connectivity index (χ1v) is 3.88. The average molecular weight is 184 g/mol. The molecule has 1 aliphatic rings. The van der Waals surface area contributed by atoms with Crippen molar-refractivity contribution < 1.29 is 9.53 Å². The molecule has 4 heteroatoms. The van der Waals surface area contributed by atoms with Gasteiger partial charge in [0, 0.05) is 10.6 Å². The molecule has 1 aromatic rings. The fraction of sp³-hybridized carbons (Fsp3) is 0.125. The minimum atomic E-state index is -0.426. The van der Waals surface area contributed by atoms with Crippen molar-refractivity contribution in [1.29, 1.82) is 0 Å². The molecule has 1 amide bonds. The minimum Gasteiger partial charge on any atom is -0.410 e. The van der Waals surface area contributed by atoms with Crippen LogP contribution in [0.15, 0.2) is 18.2 Å². The van der Waals surface area contributed by atoms with Gasteiger partial charge in [-0.2, -0.15) is 0 Å². The lowest BCUT2D eigenvalue weighted by atomic mass is 10.2. The van der Waals surface area contributed by atoms with Gasteiger partial charge in [0.25, 0.3) is 0 Å². The first kappa shape index (κ1) is 7.43. The lowest BCUT2D eigenvalue weighted by molar-refractivity contribution is 0.194. The van der Waals surface area contributed by atoms with Crippen LogP contribution in [0, 0.1) is 0 Å². The molecule has 0 unspecified atom stereocenters. The first-order valence-electron chi connectivity index (χ1n) is 3.50. The zero-order valence-electron chi connectivity index (χ0n) is 6.13. The molecule has 0 atom stereocenters. The zero-order valence-corrected chi connectivity index (χ0v) is 6.89. The topological polar surface area (TPSA) is 38.3 Å². The van der Waals surface area contributed by atoms with Gasteiger partial charge in [-0.15, -0.1) is 0 Å². The molecular formula is C8H6ClNO2. The summed E-state index contributed by atoms with van der Waals surface area (Å²) in [6.07, 6.45) is -0.426. The summed E-state index contributed by atoms with van der Waals surface area (Å²) < 4.78 is 4.88. The number of halogens is 1. The molecule has 1 aliphatic heterocycles. The van der Waals surface area contributed by atoms with Gasteiger partial charge in [0.15, 0.2) is 0 Å². The van der Waals surface area contributed by atoms with Crippen molar-refractivity contribution in [2.24, 2.45) is 0 Å². The van der Waals surface area contributed by atoms with Crippen LogP contribution >= 0.6 is 11.6 Å². The number of ether oxygens (including phenoxy) is 1. The van der Waals surface area contributed by atoms with Gasteiger partial charge in [0.2, 0.25) is 0 Å². The molecule has 1 aromatic carbocycles. The number of hydrogen-bond donors (Lipinski definition) is 1. The normalized spacial score (nSPS) is 14.6. The molecule has 0 aliphatic carbocycles. The highest BCUT2D eigenvalue weighted by atomic mass is 35.5. The minimum absolute atomic E-state index is 0.426. The number of benzene rings is 1. The highest BCUT2D eigenvalue weighted by molar-refractivity contribution is 6.31. The van der Waals surface area contributed by atoms with Crippen LogP contribution < -0.4 is 10.1 Å². The van der Waals surface area contributed by atoms with E-state index >= 15 is 0 Å². The fourth-order valence-corrected chi connectivity index (χ4v) is 1.34. The Labute approximate surface area is 74.3 Å². The van der Waals surface area contributed by atoms with E-state index in [1.54, 1.807) is 18.2 Å². The fourth-order valence-electron chi connectivity index (χ4n) is 1.10. The Morgan fingerprint density at radius 2 is 2.33 bits per heavy atom. The molecule has 0 radical (unpaired) electrons. The van der Waals surface area contributed by atoms with Crippen molar-refractivity contribution in [3.8, 4) is 5.75 Å². The van der Waals surface area contributed by atoms with E-state index in [4.69, 9.17) is 16.3 Å². The molecule has 0 saturated carbocycles. The largest absolute Gasteiger partial charge is 0.412 e. The van der Waals surface area contributed by atoms with Gasteiger partial charge in [0.1, 0.15) is 5.75 Å². The zero-order chi connectivity index (χ0) is 8.55. The summed E-state index contributed by atoms with van der Waals surface area (Å²) >= 11 is 5.86. The third-order valence-corrected chi connectivity index (χ3v) is 2.04. The Balaban J connectivity index is 2.48. The van der Waals surface area contributed by atoms with Crippen LogP contribution in [0.2, 0.25) is 5.02 Å². The second-order valence-corrected chi connectivity index (χ2v) is 2.87. The van der Waals surface area contributed by atoms with Crippen molar-refractivity contribution >= 4 is 17.7 Å². The lowest BCUT2D eigenvalue weighted by Gasteiger charge is -2.17. The van der Waals surface area contributed by atoms with Gasteiger partial charge >= 0.3 is 6.09 Å². The van der Waals surface area contributed by atoms with Gasteiger partial charge < -0.3 is 10.1 Å². The van der Waals surface area contributed by atoms with Crippen LogP contribution in [-0.2, 0) is 6.54 Å². The quantitative estimate of drug-likeness (QED) is 0.668. The molecular weight excluding hydrogens is 178 g/mol. The van der Waals surface area contributed by atoms with E-state index in [-0.39, 0.29) is 0 Å². The number of fused-ring (bicyclic) bond motifs is 1. The van der Waals surface area contributed by atoms with E-state index in [2.05, 4.69) is 5.32 Å². The second-order valence-electron chi connectivity index (χ2n) is 2.46. The van der Waals surface area contributed by atoms with Gasteiger partial charge in [-0.1, -0.05) is 17.7 Å². The Morgan fingerprint density at radius 3 is 3.17 bits per heavy atom. The molecule has 0 fully saturated rings. The average Bonchev–Trinajstić information content (AvgIpc) is 2.04. The molecule has 2 rings (SSSR count). The second kappa shape index (κ2) is 2.68. The van der Waals surface area contributed by atoms with E-state index in [1.165, 1.54) is 0 Å². The Morgan fingerprint density at radius 1 is 1.50 bits per heavy atom. The number of nitrogens with one attached hydrogen (secondary N) is 1. The van der Waals surface area contributed by atoms with Crippen LogP contribution in [0.3, 0.4) is 0 Å². The maximum Gasteiger partial charge on any atom is 0.412 e. The Bertz CT molecular complexity index is 338. The monoisotopic (exact) mass is 183 g/mol. The summed E-state index contributed by atoms with van der Waals surface area (Å²) in [5.41, 5.74) is 0.832. The standard InChI is InChI=1S/C8H6ClNO2/c9-6-2-1-3-7-5(6)4-10-8(11)12-7/h1-3H,4H2,(H,10,11). The van der Waals surface area contributed by atoms with Crippen molar-refractivity contribution in [1.82, 2.24) is 5.32 Å². The van der Waals surface area contributed by atoms with E-state index < -0.39 is 6.09 Å². The van der Waals surface area contributed by atoms with Crippen LogP contribution in [0.1, 0.15) is 5.56 Å². The number of hydrogen-bond acceptors (Lipinski definition) is 2. The summed E-state index contributed by atoms with van der Waals surface area (Å²) in [7, 11) is 0. The molecule has 0 saturated heterocycles. The third-order valence-electron chi connectivity index (χ3n) is 1.69. The predicted octanol–water partition coefficient (Wildman–Crippen LogP) is 1.94. The molecule has 3 nitrogen and oxygen atoms in total. The Hall–Kier alpha value is -1.22. The molecule has 12 heavy (non-hydrogen) atoms. The highest BCUT2D eigenvalue weighted by Gasteiger charge is 2.17. The first-order chi connectivity index (χ1) is 5.77. The molecule has 1 N–H and O–H groups in total. The SMILES string of the molecule is O=C1NCc2c(Cl)cccc2O1. The number of carbonyl (C=O) groups is 1. The summed E-state index contributed by atoms with van der Waals surface area (Å²) in [4.78, 5) is 10.8. The van der Waals surface area contributed by atoms with Crippen LogP contribution in [0.5, 0.6) is 5.75 Å². The summed E-state index contributed by atoms with van der Waals surface area (Å²) in [6, 6.07) is 5.24. The highest BCUT2D eigenvalue weighted by Crippen LogP contribution is 2.28. The van der Waals surface area contributed by atoms with Crippen LogP contribution in [0.4, 0.5) is 4.79 Å². The molecule has 0 aromatic heterocycles. The smallest absolute Gasteiger partial charge is 0.410 e. The van der Waals surface area contributed by atoms with E-state index in [9.17, 15) is 4.79 Å². The number of rotatable bonds is 0. The number of carbonyl (C=O) groups excluding carboxylic acids is 1. The third kappa shape index (κ3) is 1.12. The lowest BCUT2D eigenvalue weighted by Crippen LogP contribution is -2.31. The van der Waals surface area contributed by atoms with Gasteiger partial charge in [-0.25, -0.2) is 4.79 Å². The molecule has 62 valence electrons. The van der Waals surface area contributed by atoms with Crippen LogP contribution in [-0.4, -0.2) is 6.09 Å². The summed E-state index contributed by atoms with van der Waals surface area (Å²) in [5.74, 6) is 0.547. The predicted molar refractivity (Wildman–Crippen MR) is 44.3 cm³/mol. The van der Waals surface area contributed by atoms with Gasteiger partial charge in [0.05, 0.1) is 6.54 Å². The van der Waals surface area contributed by atoms with Crippen molar-refractivity contribution in [2.45, 2.75) is 6.54 Å². The van der Waals surface area contributed by atoms with Gasteiger partial charge in [-0.3, -0.25) is 0 Å². The van der Waals surface area contributed by atoms with E-state index in [0.29, 0.717) is 17.3 Å². The Kier molecular flexibility index (Phi) is 1.66. The molecule has 0 spiro atoms. The summed E-state index contributed by atoms with van der Waals surface area (Å²) in [5, 5.41) is 3.15.